The molecule has 7 heteroatoms. The van der Waals surface area contributed by atoms with Crippen molar-refractivity contribution in [3.63, 3.8) is 0 Å². The fourth-order valence-corrected chi connectivity index (χ4v) is 3.75. The lowest BCUT2D eigenvalue weighted by molar-refractivity contribution is 0.0428. The molecule has 2 N–H and O–H groups in total. The number of fused-ring (bicyclic) bond motifs is 1. The zero-order valence-corrected chi connectivity index (χ0v) is 16.3. The number of aliphatic hydroxyl groups excluding tert-OH is 1. The molecule has 0 radical (unpaired) electrons. The number of carbonyl (C=O) groups excluding carboxylic acids is 1. The van der Waals surface area contributed by atoms with Gasteiger partial charge in [0.25, 0.3) is 0 Å². The Morgan fingerprint density at radius 2 is 2.07 bits per heavy atom. The number of ether oxygens (including phenoxy) is 2. The van der Waals surface area contributed by atoms with Crippen LogP contribution in [0.5, 0.6) is 5.75 Å². The molecule has 7 nitrogen and oxygen atoms in total. The number of hydrogen-bond donors (Lipinski definition) is 2. The normalized spacial score (nSPS) is 19.0. The quantitative estimate of drug-likeness (QED) is 0.436. The summed E-state index contributed by atoms with van der Waals surface area (Å²) in [4.78, 5) is 25.3. The predicted molar refractivity (Wildman–Crippen MR) is 108 cm³/mol. The van der Waals surface area contributed by atoms with Crippen molar-refractivity contribution in [3.05, 3.63) is 54.1 Å². The van der Waals surface area contributed by atoms with Gasteiger partial charge in [-0.15, -0.1) is 6.58 Å². The van der Waals surface area contributed by atoms with E-state index in [1.165, 1.54) is 12.0 Å². The second kappa shape index (κ2) is 8.96. The van der Waals surface area contributed by atoms with Crippen molar-refractivity contribution >= 4 is 22.8 Å². The number of nitrogens with zero attached hydrogens (tertiary/aromatic N) is 1. The van der Waals surface area contributed by atoms with E-state index >= 15 is 0 Å². The van der Waals surface area contributed by atoms with Crippen molar-refractivity contribution in [3.8, 4) is 5.75 Å². The van der Waals surface area contributed by atoms with Gasteiger partial charge in [-0.25, -0.2) is 9.59 Å². The van der Waals surface area contributed by atoms with Crippen LogP contribution in [0.4, 0.5) is 4.79 Å². The van der Waals surface area contributed by atoms with Crippen molar-refractivity contribution in [2.24, 2.45) is 0 Å². The number of likely N-dealkylation sites (tertiary alicyclic amines) is 1. The maximum atomic E-state index is 12.2. The minimum absolute atomic E-state index is 0.247. The monoisotopic (exact) mass is 399 g/mol. The first-order valence-electron chi connectivity index (χ1n) is 9.52. The Morgan fingerprint density at radius 1 is 1.28 bits per heavy atom. The van der Waals surface area contributed by atoms with Crippen molar-refractivity contribution < 1.29 is 29.3 Å². The van der Waals surface area contributed by atoms with Crippen LogP contribution >= 0.6 is 0 Å². The summed E-state index contributed by atoms with van der Waals surface area (Å²) >= 11 is 0. The zero-order chi connectivity index (χ0) is 21.0. The molecule has 1 aliphatic rings. The molecule has 1 unspecified atom stereocenters. The maximum Gasteiger partial charge on any atom is 0.407 e. The molecule has 1 saturated heterocycles. The van der Waals surface area contributed by atoms with Crippen molar-refractivity contribution in [1.82, 2.24) is 4.90 Å². The smallest absolute Gasteiger partial charge is 0.407 e. The van der Waals surface area contributed by atoms with Gasteiger partial charge in [0.05, 0.1) is 31.4 Å². The molecule has 2 atom stereocenters. The highest BCUT2D eigenvalue weighted by Crippen LogP contribution is 2.38. The molecule has 29 heavy (non-hydrogen) atoms. The summed E-state index contributed by atoms with van der Waals surface area (Å²) < 4.78 is 10.6. The van der Waals surface area contributed by atoms with E-state index in [9.17, 15) is 19.8 Å². The molecule has 0 spiro atoms. The molecule has 1 fully saturated rings. The molecule has 154 valence electrons. The molecule has 0 saturated carbocycles. The molecule has 0 bridgehead atoms. The van der Waals surface area contributed by atoms with Crippen molar-refractivity contribution in [2.75, 3.05) is 20.3 Å². The van der Waals surface area contributed by atoms with Crippen LogP contribution in [0.25, 0.3) is 10.8 Å². The van der Waals surface area contributed by atoms with Crippen LogP contribution in [-0.2, 0) is 4.74 Å². The lowest BCUT2D eigenvalue weighted by atomic mass is 9.88. The summed E-state index contributed by atoms with van der Waals surface area (Å²) in [7, 11) is 1.32. The number of amides is 1. The van der Waals surface area contributed by atoms with E-state index in [2.05, 4.69) is 6.58 Å². The highest BCUT2D eigenvalue weighted by Gasteiger charge is 2.33. The summed E-state index contributed by atoms with van der Waals surface area (Å²) in [5, 5.41) is 21.2. The average molecular weight is 399 g/mol. The van der Waals surface area contributed by atoms with E-state index in [0.717, 1.165) is 5.56 Å². The lowest BCUT2D eigenvalue weighted by Crippen LogP contribution is -2.41. The van der Waals surface area contributed by atoms with E-state index in [0.29, 0.717) is 48.0 Å². The topological polar surface area (TPSA) is 96.3 Å². The molecule has 0 aliphatic carbocycles. The molecule has 1 heterocycles. The first kappa shape index (κ1) is 20.7. The Morgan fingerprint density at radius 3 is 2.76 bits per heavy atom. The van der Waals surface area contributed by atoms with Crippen molar-refractivity contribution in [1.29, 1.82) is 0 Å². The van der Waals surface area contributed by atoms with E-state index < -0.39 is 24.2 Å². The Balaban J connectivity index is 2.13. The fraction of sp³-hybridized carbons (Fsp3) is 0.364. The third-order valence-corrected chi connectivity index (χ3v) is 5.20. The summed E-state index contributed by atoms with van der Waals surface area (Å²) in [6.45, 7) is 4.38. The Hall–Kier alpha value is -3.06. The summed E-state index contributed by atoms with van der Waals surface area (Å²) in [5.74, 6) is 0.140. The number of benzene rings is 2. The maximum absolute atomic E-state index is 12.2. The van der Waals surface area contributed by atoms with E-state index in [4.69, 9.17) is 9.47 Å². The zero-order valence-electron chi connectivity index (χ0n) is 16.3. The number of methoxy groups -OCH3 is 1. The van der Waals surface area contributed by atoms with Crippen LogP contribution in [0, 0.1) is 0 Å². The predicted octanol–water partition coefficient (Wildman–Crippen LogP) is 3.76. The highest BCUT2D eigenvalue weighted by atomic mass is 16.5. The molecule has 2 aromatic carbocycles. The van der Waals surface area contributed by atoms with Gasteiger partial charge in [0, 0.05) is 6.54 Å². The SMILES string of the molecule is C=CCCOc1ccc2c(C(=O)OC)ccc([C@@H]3CC(O)CCN3C(=O)O)c2c1. The van der Waals surface area contributed by atoms with Gasteiger partial charge in [0.1, 0.15) is 5.75 Å². The second-order valence-electron chi connectivity index (χ2n) is 7.00. The Kier molecular flexibility index (Phi) is 6.39. The fourth-order valence-electron chi connectivity index (χ4n) is 3.75. The summed E-state index contributed by atoms with van der Waals surface area (Å²) in [6.07, 6.45) is 1.52. The number of rotatable bonds is 6. The van der Waals surface area contributed by atoms with Crippen LogP contribution < -0.4 is 4.74 Å². The van der Waals surface area contributed by atoms with E-state index in [1.807, 2.05) is 0 Å². The minimum Gasteiger partial charge on any atom is -0.493 e. The van der Waals surface area contributed by atoms with Gasteiger partial charge in [-0.1, -0.05) is 12.1 Å². The number of esters is 1. The van der Waals surface area contributed by atoms with Crippen LogP contribution in [0.2, 0.25) is 0 Å². The van der Waals surface area contributed by atoms with E-state index in [1.54, 1.807) is 36.4 Å². The summed E-state index contributed by atoms with van der Waals surface area (Å²) in [6, 6.07) is 8.21. The largest absolute Gasteiger partial charge is 0.493 e. The van der Waals surface area contributed by atoms with Gasteiger partial charge in [0.2, 0.25) is 0 Å². The van der Waals surface area contributed by atoms with Gasteiger partial charge in [-0.3, -0.25) is 0 Å². The molecule has 0 aromatic heterocycles. The van der Waals surface area contributed by atoms with Gasteiger partial charge in [-0.2, -0.15) is 0 Å². The minimum atomic E-state index is -1.04. The first-order chi connectivity index (χ1) is 14.0. The van der Waals surface area contributed by atoms with Crippen LogP contribution in [0.15, 0.2) is 43.0 Å². The number of carboxylic acid groups (broad SMARTS) is 1. The molecular weight excluding hydrogens is 374 g/mol. The van der Waals surface area contributed by atoms with Gasteiger partial charge in [-0.05, 0) is 59.9 Å². The third-order valence-electron chi connectivity index (χ3n) is 5.20. The van der Waals surface area contributed by atoms with Crippen molar-refractivity contribution in [2.45, 2.75) is 31.4 Å². The molecule has 2 aromatic rings. The second-order valence-corrected chi connectivity index (χ2v) is 7.00. The van der Waals surface area contributed by atoms with Crippen LogP contribution in [-0.4, -0.2) is 53.5 Å². The van der Waals surface area contributed by atoms with Crippen LogP contribution in [0.1, 0.15) is 41.2 Å². The van der Waals surface area contributed by atoms with E-state index in [-0.39, 0.29) is 6.54 Å². The number of aliphatic hydroxyl groups is 1. The standard InChI is InChI=1S/C22H25NO6/c1-3-4-11-29-15-5-6-16-18(21(25)28-2)8-7-17(19(16)13-15)20-12-14(24)9-10-23(20)22(26)27/h3,5-8,13-14,20,24H,1,4,9-12H2,2H3,(H,26,27)/t14?,20-/m0/s1. The molecular formula is C22H25NO6. The van der Waals surface area contributed by atoms with Gasteiger partial charge in [0.15, 0.2) is 0 Å². The van der Waals surface area contributed by atoms with Gasteiger partial charge < -0.3 is 24.6 Å². The van der Waals surface area contributed by atoms with Gasteiger partial charge >= 0.3 is 12.1 Å². The molecule has 1 aliphatic heterocycles. The number of carbonyl (C=O) groups is 2. The Labute approximate surface area is 169 Å². The molecule has 1 amide bonds. The third kappa shape index (κ3) is 4.35. The highest BCUT2D eigenvalue weighted by molar-refractivity contribution is 6.06. The molecule has 3 rings (SSSR count). The average Bonchev–Trinajstić information content (AvgIpc) is 2.72. The Bertz CT molecular complexity index is 925. The number of piperidine rings is 1. The lowest BCUT2D eigenvalue weighted by Gasteiger charge is -2.37. The summed E-state index contributed by atoms with van der Waals surface area (Å²) in [5.41, 5.74) is 1.12. The first-order valence-corrected chi connectivity index (χ1v) is 9.52. The van der Waals surface area contributed by atoms with Crippen LogP contribution in [0.3, 0.4) is 0 Å². The number of hydrogen-bond acceptors (Lipinski definition) is 5.